The van der Waals surface area contributed by atoms with Crippen LogP contribution in [0, 0.1) is 0 Å². The number of methoxy groups -OCH3 is 1. The number of rotatable bonds is 7. The highest BCUT2D eigenvalue weighted by atomic mass is 16.5. The number of nitrogens with zero attached hydrogens (tertiary/aromatic N) is 3. The SMILES string of the molecule is COc1ccccc1NC(=O)c1ccc(N(Cc2ccccc2)C(C)C)nn1. The summed E-state index contributed by atoms with van der Waals surface area (Å²) < 4.78 is 5.26. The Morgan fingerprint density at radius 2 is 1.71 bits per heavy atom. The predicted octanol–water partition coefficient (Wildman–Crippen LogP) is 4.15. The quantitative estimate of drug-likeness (QED) is 0.671. The maximum atomic E-state index is 12.5. The summed E-state index contributed by atoms with van der Waals surface area (Å²) in [5.74, 6) is 0.990. The molecule has 0 unspecified atom stereocenters. The minimum absolute atomic E-state index is 0.239. The van der Waals surface area contributed by atoms with Crippen molar-refractivity contribution in [3.8, 4) is 5.75 Å². The smallest absolute Gasteiger partial charge is 0.276 e. The highest BCUT2D eigenvalue weighted by Gasteiger charge is 2.16. The van der Waals surface area contributed by atoms with Crippen molar-refractivity contribution in [2.24, 2.45) is 0 Å². The lowest BCUT2D eigenvalue weighted by Gasteiger charge is -2.27. The van der Waals surface area contributed by atoms with E-state index in [2.05, 4.69) is 46.4 Å². The molecule has 0 aliphatic rings. The molecule has 6 nitrogen and oxygen atoms in total. The molecule has 3 rings (SSSR count). The molecule has 0 radical (unpaired) electrons. The maximum Gasteiger partial charge on any atom is 0.276 e. The van der Waals surface area contributed by atoms with Crippen LogP contribution in [0.15, 0.2) is 66.7 Å². The maximum absolute atomic E-state index is 12.5. The zero-order valence-corrected chi connectivity index (χ0v) is 16.3. The molecule has 0 bridgehead atoms. The third-order valence-corrected chi connectivity index (χ3v) is 4.35. The largest absolute Gasteiger partial charge is 0.495 e. The van der Waals surface area contributed by atoms with E-state index < -0.39 is 0 Å². The molecular weight excluding hydrogens is 352 g/mol. The first-order chi connectivity index (χ1) is 13.6. The topological polar surface area (TPSA) is 67.3 Å². The lowest BCUT2D eigenvalue weighted by Crippen LogP contribution is -2.31. The molecule has 0 aliphatic heterocycles. The zero-order valence-electron chi connectivity index (χ0n) is 16.3. The van der Waals surface area contributed by atoms with Gasteiger partial charge in [0.25, 0.3) is 5.91 Å². The van der Waals surface area contributed by atoms with Crippen LogP contribution in [0.2, 0.25) is 0 Å². The van der Waals surface area contributed by atoms with Gasteiger partial charge in [-0.25, -0.2) is 0 Å². The number of nitrogens with one attached hydrogen (secondary N) is 1. The van der Waals surface area contributed by atoms with Gasteiger partial charge in [0.15, 0.2) is 11.5 Å². The van der Waals surface area contributed by atoms with Crippen LogP contribution in [-0.2, 0) is 6.54 Å². The number of aromatic nitrogens is 2. The van der Waals surface area contributed by atoms with Gasteiger partial charge in [0.1, 0.15) is 5.75 Å². The third kappa shape index (κ3) is 4.65. The molecule has 6 heteroatoms. The van der Waals surface area contributed by atoms with Crippen molar-refractivity contribution < 1.29 is 9.53 Å². The van der Waals surface area contributed by atoms with Gasteiger partial charge in [-0.2, -0.15) is 0 Å². The molecule has 1 amide bonds. The summed E-state index contributed by atoms with van der Waals surface area (Å²) in [6, 6.07) is 21.2. The third-order valence-electron chi connectivity index (χ3n) is 4.35. The molecule has 144 valence electrons. The van der Waals surface area contributed by atoms with Crippen molar-refractivity contribution in [1.82, 2.24) is 10.2 Å². The van der Waals surface area contributed by atoms with E-state index in [0.717, 1.165) is 12.4 Å². The summed E-state index contributed by atoms with van der Waals surface area (Å²) in [4.78, 5) is 14.6. The number of hydrogen-bond acceptors (Lipinski definition) is 5. The Bertz CT molecular complexity index is 911. The lowest BCUT2D eigenvalue weighted by atomic mass is 10.2. The van der Waals surface area contributed by atoms with Crippen LogP contribution in [0.1, 0.15) is 29.9 Å². The summed E-state index contributed by atoms with van der Waals surface area (Å²) in [7, 11) is 1.56. The second kappa shape index (κ2) is 8.99. The van der Waals surface area contributed by atoms with Crippen molar-refractivity contribution in [3.63, 3.8) is 0 Å². The van der Waals surface area contributed by atoms with E-state index in [1.807, 2.05) is 36.4 Å². The van der Waals surface area contributed by atoms with Gasteiger partial charge in [0, 0.05) is 12.6 Å². The fraction of sp³-hybridized carbons (Fsp3) is 0.227. The standard InChI is InChI=1S/C22H24N4O2/c1-16(2)26(15-17-9-5-4-6-10-17)21-14-13-19(24-25-21)22(27)23-18-11-7-8-12-20(18)28-3/h4-14,16H,15H2,1-3H3,(H,23,27). The fourth-order valence-electron chi connectivity index (χ4n) is 2.84. The molecule has 1 heterocycles. The van der Waals surface area contributed by atoms with E-state index in [0.29, 0.717) is 11.4 Å². The summed E-state index contributed by atoms with van der Waals surface area (Å²) in [5, 5.41) is 11.2. The number of benzene rings is 2. The van der Waals surface area contributed by atoms with Crippen LogP contribution in [0.25, 0.3) is 0 Å². The van der Waals surface area contributed by atoms with Crippen LogP contribution in [0.5, 0.6) is 5.75 Å². The van der Waals surface area contributed by atoms with Crippen LogP contribution in [0.3, 0.4) is 0 Å². The van der Waals surface area contributed by atoms with Crippen molar-refractivity contribution in [2.75, 3.05) is 17.3 Å². The summed E-state index contributed by atoms with van der Waals surface area (Å²) >= 11 is 0. The normalized spacial score (nSPS) is 10.6. The number of ether oxygens (including phenoxy) is 1. The molecule has 2 aromatic carbocycles. The van der Waals surface area contributed by atoms with Gasteiger partial charge in [-0.1, -0.05) is 42.5 Å². The Morgan fingerprint density at radius 1 is 1.00 bits per heavy atom. The molecule has 0 spiro atoms. The molecule has 0 saturated heterocycles. The van der Waals surface area contributed by atoms with Gasteiger partial charge in [0.05, 0.1) is 12.8 Å². The van der Waals surface area contributed by atoms with Gasteiger partial charge >= 0.3 is 0 Å². The van der Waals surface area contributed by atoms with E-state index in [1.54, 1.807) is 25.3 Å². The molecule has 0 aliphatic carbocycles. The van der Waals surface area contributed by atoms with E-state index in [1.165, 1.54) is 5.56 Å². The molecule has 0 atom stereocenters. The van der Waals surface area contributed by atoms with E-state index in [9.17, 15) is 4.79 Å². The monoisotopic (exact) mass is 376 g/mol. The highest BCUT2D eigenvalue weighted by molar-refractivity contribution is 6.03. The van der Waals surface area contributed by atoms with Gasteiger partial charge in [-0.05, 0) is 43.7 Å². The van der Waals surface area contributed by atoms with E-state index >= 15 is 0 Å². The number of amides is 1. The van der Waals surface area contributed by atoms with Gasteiger partial charge in [-0.15, -0.1) is 10.2 Å². The fourth-order valence-corrected chi connectivity index (χ4v) is 2.84. The highest BCUT2D eigenvalue weighted by Crippen LogP contribution is 2.23. The molecule has 0 fully saturated rings. The van der Waals surface area contributed by atoms with Crippen LogP contribution in [-0.4, -0.2) is 29.3 Å². The molecule has 3 aromatic rings. The van der Waals surface area contributed by atoms with Gasteiger partial charge < -0.3 is 15.0 Å². The van der Waals surface area contributed by atoms with Gasteiger partial charge in [0.2, 0.25) is 0 Å². The second-order valence-electron chi connectivity index (χ2n) is 6.64. The minimum Gasteiger partial charge on any atom is -0.495 e. The van der Waals surface area contributed by atoms with Crippen LogP contribution in [0.4, 0.5) is 11.5 Å². The molecule has 1 N–H and O–H groups in total. The Hall–Kier alpha value is -3.41. The average molecular weight is 376 g/mol. The number of para-hydroxylation sites is 2. The summed E-state index contributed by atoms with van der Waals surface area (Å²) in [5.41, 5.74) is 2.03. The Balaban J connectivity index is 1.75. The van der Waals surface area contributed by atoms with Crippen LogP contribution >= 0.6 is 0 Å². The Labute approximate surface area is 165 Å². The first-order valence-corrected chi connectivity index (χ1v) is 9.17. The number of carbonyl (C=O) groups excluding carboxylic acids is 1. The number of hydrogen-bond donors (Lipinski definition) is 1. The van der Waals surface area contributed by atoms with Crippen LogP contribution < -0.4 is 15.0 Å². The van der Waals surface area contributed by atoms with Crippen molar-refractivity contribution in [2.45, 2.75) is 26.4 Å². The van der Waals surface area contributed by atoms with Crippen molar-refractivity contribution in [3.05, 3.63) is 78.0 Å². The zero-order chi connectivity index (χ0) is 19.9. The number of anilines is 2. The number of carbonyl (C=O) groups is 1. The summed E-state index contributed by atoms with van der Waals surface area (Å²) in [6.07, 6.45) is 0. The first-order valence-electron chi connectivity index (χ1n) is 9.17. The lowest BCUT2D eigenvalue weighted by molar-refractivity contribution is 0.102. The first kappa shape index (κ1) is 19.4. The molecule has 1 aromatic heterocycles. The van der Waals surface area contributed by atoms with Gasteiger partial charge in [-0.3, -0.25) is 4.79 Å². The average Bonchev–Trinajstić information content (AvgIpc) is 2.73. The van der Waals surface area contributed by atoms with E-state index in [4.69, 9.17) is 4.74 Å². The summed E-state index contributed by atoms with van der Waals surface area (Å²) in [6.45, 7) is 4.93. The second-order valence-corrected chi connectivity index (χ2v) is 6.64. The van der Waals surface area contributed by atoms with Crippen molar-refractivity contribution >= 4 is 17.4 Å². The molecule has 0 saturated carbocycles. The Morgan fingerprint density at radius 3 is 2.36 bits per heavy atom. The molecular formula is C22H24N4O2. The van der Waals surface area contributed by atoms with E-state index in [-0.39, 0.29) is 17.6 Å². The minimum atomic E-state index is -0.331. The van der Waals surface area contributed by atoms with Crippen molar-refractivity contribution in [1.29, 1.82) is 0 Å². The predicted molar refractivity (Wildman–Crippen MR) is 111 cm³/mol. The Kier molecular flexibility index (Phi) is 6.22. The molecule has 28 heavy (non-hydrogen) atoms.